The zero-order valence-electron chi connectivity index (χ0n) is 16.7. The second-order valence-corrected chi connectivity index (χ2v) is 7.64. The van der Waals surface area contributed by atoms with Gasteiger partial charge in [0.05, 0.1) is 18.8 Å². The third kappa shape index (κ3) is 3.78. The molecular formula is C22H27N5O. The molecule has 6 heteroatoms. The van der Waals surface area contributed by atoms with Crippen LogP contribution in [0.4, 0.5) is 5.82 Å². The molecule has 0 radical (unpaired) electrons. The molecule has 1 fully saturated rings. The molecule has 1 N–H and O–H groups in total. The highest BCUT2D eigenvalue weighted by Gasteiger charge is 2.23. The maximum Gasteiger partial charge on any atom is 0.144 e. The smallest absolute Gasteiger partial charge is 0.144 e. The van der Waals surface area contributed by atoms with Crippen LogP contribution >= 0.6 is 0 Å². The predicted molar refractivity (Wildman–Crippen MR) is 113 cm³/mol. The van der Waals surface area contributed by atoms with Gasteiger partial charge in [-0.2, -0.15) is 0 Å². The summed E-state index contributed by atoms with van der Waals surface area (Å²) in [5.41, 5.74) is 3.03. The van der Waals surface area contributed by atoms with E-state index in [0.717, 1.165) is 46.4 Å². The summed E-state index contributed by atoms with van der Waals surface area (Å²) < 4.78 is 5.48. The van der Waals surface area contributed by atoms with Crippen LogP contribution in [0, 0.1) is 0 Å². The van der Waals surface area contributed by atoms with Gasteiger partial charge in [0.15, 0.2) is 0 Å². The SMILES string of the molecule is COc1cnccc1-c1ccc2ncnc(NC3CCC(N(C)C)CC3)c2c1. The second kappa shape index (κ2) is 8.10. The van der Waals surface area contributed by atoms with E-state index < -0.39 is 0 Å². The van der Waals surface area contributed by atoms with E-state index in [-0.39, 0.29) is 0 Å². The van der Waals surface area contributed by atoms with Crippen LogP contribution in [-0.4, -0.2) is 53.1 Å². The molecule has 1 aromatic carbocycles. The van der Waals surface area contributed by atoms with Gasteiger partial charge in [-0.15, -0.1) is 0 Å². The zero-order valence-corrected chi connectivity index (χ0v) is 16.7. The van der Waals surface area contributed by atoms with Gasteiger partial charge in [-0.1, -0.05) is 6.07 Å². The summed E-state index contributed by atoms with van der Waals surface area (Å²) in [6.07, 6.45) is 9.91. The van der Waals surface area contributed by atoms with Gasteiger partial charge < -0.3 is 15.0 Å². The number of methoxy groups -OCH3 is 1. The van der Waals surface area contributed by atoms with Gasteiger partial charge in [-0.05, 0) is 63.5 Å². The summed E-state index contributed by atoms with van der Waals surface area (Å²) in [5.74, 6) is 1.67. The largest absolute Gasteiger partial charge is 0.494 e. The molecule has 28 heavy (non-hydrogen) atoms. The second-order valence-electron chi connectivity index (χ2n) is 7.64. The number of pyridine rings is 1. The van der Waals surface area contributed by atoms with Crippen LogP contribution in [-0.2, 0) is 0 Å². The molecule has 6 nitrogen and oxygen atoms in total. The molecular weight excluding hydrogens is 350 g/mol. The van der Waals surface area contributed by atoms with E-state index in [1.807, 2.05) is 12.1 Å². The number of nitrogens with one attached hydrogen (secondary N) is 1. The van der Waals surface area contributed by atoms with Gasteiger partial charge in [0, 0.05) is 29.2 Å². The van der Waals surface area contributed by atoms with Crippen LogP contribution in [0.3, 0.4) is 0 Å². The van der Waals surface area contributed by atoms with Crippen molar-refractivity contribution < 1.29 is 4.74 Å². The average Bonchev–Trinajstić information content (AvgIpc) is 2.74. The Bertz CT molecular complexity index is 951. The first-order chi connectivity index (χ1) is 13.7. The molecule has 1 saturated carbocycles. The minimum absolute atomic E-state index is 0.452. The van der Waals surface area contributed by atoms with Gasteiger partial charge in [-0.3, -0.25) is 4.98 Å². The summed E-state index contributed by atoms with van der Waals surface area (Å²) in [7, 11) is 6.01. The molecule has 0 atom stereocenters. The lowest BCUT2D eigenvalue weighted by Crippen LogP contribution is -2.36. The zero-order chi connectivity index (χ0) is 19.5. The Hall–Kier alpha value is -2.73. The lowest BCUT2D eigenvalue weighted by atomic mass is 9.90. The lowest BCUT2D eigenvalue weighted by molar-refractivity contribution is 0.221. The first kappa shape index (κ1) is 18.6. The minimum atomic E-state index is 0.452. The number of benzene rings is 1. The van der Waals surface area contributed by atoms with Crippen LogP contribution < -0.4 is 10.1 Å². The molecule has 4 rings (SSSR count). The number of ether oxygens (including phenoxy) is 1. The van der Waals surface area contributed by atoms with Crippen molar-refractivity contribution in [2.45, 2.75) is 37.8 Å². The first-order valence-corrected chi connectivity index (χ1v) is 9.82. The third-order valence-electron chi connectivity index (χ3n) is 5.72. The highest BCUT2D eigenvalue weighted by atomic mass is 16.5. The van der Waals surface area contributed by atoms with E-state index in [1.165, 1.54) is 12.8 Å². The van der Waals surface area contributed by atoms with Gasteiger partial charge in [0.2, 0.25) is 0 Å². The third-order valence-corrected chi connectivity index (χ3v) is 5.72. The lowest BCUT2D eigenvalue weighted by Gasteiger charge is -2.33. The number of anilines is 1. The Kier molecular flexibility index (Phi) is 5.39. The van der Waals surface area contributed by atoms with Gasteiger partial charge in [-0.25, -0.2) is 9.97 Å². The molecule has 0 aliphatic heterocycles. The van der Waals surface area contributed by atoms with E-state index in [4.69, 9.17) is 4.74 Å². The molecule has 0 bridgehead atoms. The Balaban J connectivity index is 1.63. The van der Waals surface area contributed by atoms with Gasteiger partial charge in [0.1, 0.15) is 17.9 Å². The van der Waals surface area contributed by atoms with Crippen molar-refractivity contribution >= 4 is 16.7 Å². The summed E-state index contributed by atoms with van der Waals surface area (Å²) >= 11 is 0. The van der Waals surface area contributed by atoms with Gasteiger partial charge >= 0.3 is 0 Å². The number of hydrogen-bond acceptors (Lipinski definition) is 6. The number of aromatic nitrogens is 3. The first-order valence-electron chi connectivity index (χ1n) is 9.82. The van der Waals surface area contributed by atoms with E-state index in [0.29, 0.717) is 12.1 Å². The normalized spacial score (nSPS) is 19.7. The van der Waals surface area contributed by atoms with Crippen LogP contribution in [0.1, 0.15) is 25.7 Å². The van der Waals surface area contributed by atoms with Crippen molar-refractivity contribution in [1.29, 1.82) is 0 Å². The van der Waals surface area contributed by atoms with Crippen molar-refractivity contribution in [2.24, 2.45) is 0 Å². The number of rotatable bonds is 5. The van der Waals surface area contributed by atoms with E-state index in [2.05, 4.69) is 51.4 Å². The van der Waals surface area contributed by atoms with Crippen molar-refractivity contribution in [2.75, 3.05) is 26.5 Å². The van der Waals surface area contributed by atoms with Crippen molar-refractivity contribution in [3.05, 3.63) is 43.0 Å². The Labute approximate surface area is 166 Å². The molecule has 0 amide bonds. The highest BCUT2D eigenvalue weighted by Crippen LogP contribution is 2.33. The summed E-state index contributed by atoms with van der Waals surface area (Å²) in [4.78, 5) is 15.5. The topological polar surface area (TPSA) is 63.2 Å². The molecule has 146 valence electrons. The molecule has 0 saturated heterocycles. The van der Waals surface area contributed by atoms with Crippen LogP contribution in [0.5, 0.6) is 5.75 Å². The Morgan fingerprint density at radius 3 is 2.64 bits per heavy atom. The minimum Gasteiger partial charge on any atom is -0.494 e. The van der Waals surface area contributed by atoms with E-state index in [9.17, 15) is 0 Å². The van der Waals surface area contributed by atoms with E-state index in [1.54, 1.807) is 25.8 Å². The standard InChI is InChI=1S/C22H27N5O/c1-27(2)17-7-5-16(6-8-17)26-22-19-12-15(4-9-20(19)24-14-25-22)18-10-11-23-13-21(18)28-3/h4,9-14,16-17H,5-8H2,1-3H3,(H,24,25,26). The molecule has 2 heterocycles. The average molecular weight is 377 g/mol. The van der Waals surface area contributed by atoms with Crippen molar-refractivity contribution in [1.82, 2.24) is 19.9 Å². The summed E-state index contributed by atoms with van der Waals surface area (Å²) in [6, 6.07) is 9.36. The molecule has 0 unspecified atom stereocenters. The number of nitrogens with zero attached hydrogens (tertiary/aromatic N) is 4. The predicted octanol–water partition coefficient (Wildman–Crippen LogP) is 3.99. The molecule has 2 aromatic heterocycles. The molecule has 1 aliphatic carbocycles. The maximum atomic E-state index is 5.48. The number of hydrogen-bond donors (Lipinski definition) is 1. The summed E-state index contributed by atoms with van der Waals surface area (Å²) in [5, 5.41) is 4.71. The number of fused-ring (bicyclic) bond motifs is 1. The van der Waals surface area contributed by atoms with Crippen molar-refractivity contribution in [3.8, 4) is 16.9 Å². The van der Waals surface area contributed by atoms with E-state index >= 15 is 0 Å². The monoisotopic (exact) mass is 377 g/mol. The van der Waals surface area contributed by atoms with Crippen LogP contribution in [0.25, 0.3) is 22.0 Å². The maximum absolute atomic E-state index is 5.48. The fourth-order valence-electron chi connectivity index (χ4n) is 4.05. The fraction of sp³-hybridized carbons (Fsp3) is 0.409. The summed E-state index contributed by atoms with van der Waals surface area (Å²) in [6.45, 7) is 0. The fourth-order valence-corrected chi connectivity index (χ4v) is 4.05. The van der Waals surface area contributed by atoms with Gasteiger partial charge in [0.25, 0.3) is 0 Å². The molecule has 0 spiro atoms. The highest BCUT2D eigenvalue weighted by molar-refractivity contribution is 5.93. The molecule has 1 aliphatic rings. The van der Waals surface area contributed by atoms with Crippen molar-refractivity contribution in [3.63, 3.8) is 0 Å². The molecule has 3 aromatic rings. The Morgan fingerprint density at radius 1 is 1.07 bits per heavy atom. The quantitative estimate of drug-likeness (QED) is 0.725. The Morgan fingerprint density at radius 2 is 1.89 bits per heavy atom. The van der Waals surface area contributed by atoms with Crippen LogP contribution in [0.2, 0.25) is 0 Å². The van der Waals surface area contributed by atoms with Crippen LogP contribution in [0.15, 0.2) is 43.0 Å².